The molecule has 0 radical (unpaired) electrons. The summed E-state index contributed by atoms with van der Waals surface area (Å²) in [6.07, 6.45) is 0.539. The van der Waals surface area contributed by atoms with Crippen LogP contribution < -0.4 is 19.5 Å². The number of carbonyl (C=O) groups is 2. The average Bonchev–Trinajstić information content (AvgIpc) is 3.24. The minimum Gasteiger partial charge on any atom is -0.488 e. The Labute approximate surface area is 186 Å². The fourth-order valence-electron chi connectivity index (χ4n) is 4.14. The molecule has 162 valence electrons. The third-order valence-corrected chi connectivity index (χ3v) is 5.71. The summed E-state index contributed by atoms with van der Waals surface area (Å²) >= 11 is 0. The molecule has 0 saturated carbocycles. The number of amides is 1. The topological polar surface area (TPSA) is 73.9 Å². The van der Waals surface area contributed by atoms with Crippen molar-refractivity contribution in [1.29, 1.82) is 0 Å². The fourth-order valence-corrected chi connectivity index (χ4v) is 4.14. The summed E-state index contributed by atoms with van der Waals surface area (Å²) in [5, 5.41) is 2.95. The summed E-state index contributed by atoms with van der Waals surface area (Å²) in [4.78, 5) is 24.6. The van der Waals surface area contributed by atoms with E-state index in [4.69, 9.17) is 14.2 Å². The van der Waals surface area contributed by atoms with E-state index < -0.39 is 0 Å². The van der Waals surface area contributed by atoms with Crippen molar-refractivity contribution in [2.45, 2.75) is 19.4 Å². The highest BCUT2D eigenvalue weighted by atomic mass is 16.6. The maximum absolute atomic E-state index is 12.6. The van der Waals surface area contributed by atoms with Gasteiger partial charge in [0, 0.05) is 17.5 Å². The number of carbonyl (C=O) groups excluding carboxylic acids is 2. The monoisotopic (exact) mass is 429 g/mol. The molecule has 1 atom stereocenters. The molecule has 5 rings (SSSR count). The molecule has 2 heterocycles. The standard InChI is InChI=1S/C26H23NO5/c1-16(28)21-4-2-3-5-22(21)17-6-8-23-19(12-17)13-20(32-23)15-27-26(29)18-7-9-24-25(14-18)31-11-10-30-24/h2-9,12,14,20H,10-11,13,15H2,1H3,(H,27,29). The molecule has 1 unspecified atom stereocenters. The number of ketones is 1. The Morgan fingerprint density at radius 1 is 0.938 bits per heavy atom. The van der Waals surface area contributed by atoms with Crippen LogP contribution in [0.3, 0.4) is 0 Å². The van der Waals surface area contributed by atoms with Crippen LogP contribution in [-0.4, -0.2) is 37.6 Å². The van der Waals surface area contributed by atoms with Crippen molar-refractivity contribution in [2.24, 2.45) is 0 Å². The fraction of sp³-hybridized carbons (Fsp3) is 0.231. The Bertz CT molecular complexity index is 1200. The Balaban J connectivity index is 1.25. The number of nitrogens with one attached hydrogen (secondary N) is 1. The Morgan fingerprint density at radius 3 is 2.56 bits per heavy atom. The minimum absolute atomic E-state index is 0.0390. The van der Waals surface area contributed by atoms with Gasteiger partial charge in [0.15, 0.2) is 17.3 Å². The molecule has 2 aliphatic heterocycles. The molecule has 32 heavy (non-hydrogen) atoms. The van der Waals surface area contributed by atoms with Gasteiger partial charge in [-0.2, -0.15) is 0 Å². The zero-order valence-electron chi connectivity index (χ0n) is 17.7. The molecule has 1 N–H and O–H groups in total. The summed E-state index contributed by atoms with van der Waals surface area (Å²) < 4.78 is 17.1. The van der Waals surface area contributed by atoms with Crippen LogP contribution in [-0.2, 0) is 6.42 Å². The number of ether oxygens (including phenoxy) is 3. The maximum Gasteiger partial charge on any atom is 0.251 e. The molecule has 2 aliphatic rings. The molecule has 6 heteroatoms. The number of hydrogen-bond donors (Lipinski definition) is 1. The third-order valence-electron chi connectivity index (χ3n) is 5.71. The molecule has 0 aromatic heterocycles. The summed E-state index contributed by atoms with van der Waals surface area (Å²) in [6.45, 7) is 2.96. The van der Waals surface area contributed by atoms with Gasteiger partial charge in [0.2, 0.25) is 0 Å². The second-order valence-electron chi connectivity index (χ2n) is 7.94. The Morgan fingerprint density at radius 2 is 1.72 bits per heavy atom. The van der Waals surface area contributed by atoms with E-state index in [9.17, 15) is 9.59 Å². The first-order valence-electron chi connectivity index (χ1n) is 10.7. The van der Waals surface area contributed by atoms with E-state index in [2.05, 4.69) is 11.4 Å². The number of Topliss-reactive ketones (excluding diaryl/α,β-unsaturated/α-hetero) is 1. The number of rotatable bonds is 5. The van der Waals surface area contributed by atoms with Gasteiger partial charge in [-0.1, -0.05) is 30.3 Å². The lowest BCUT2D eigenvalue weighted by Crippen LogP contribution is -2.34. The third kappa shape index (κ3) is 3.91. The molecule has 3 aromatic carbocycles. The second kappa shape index (κ2) is 8.38. The first kappa shape index (κ1) is 20.1. The van der Waals surface area contributed by atoms with Crippen LogP contribution in [0.4, 0.5) is 0 Å². The second-order valence-corrected chi connectivity index (χ2v) is 7.94. The van der Waals surface area contributed by atoms with Crippen molar-refractivity contribution in [2.75, 3.05) is 19.8 Å². The van der Waals surface area contributed by atoms with Gasteiger partial charge in [0.05, 0.1) is 6.54 Å². The van der Waals surface area contributed by atoms with E-state index in [1.165, 1.54) is 0 Å². The Hall–Kier alpha value is -3.80. The van der Waals surface area contributed by atoms with Crippen molar-refractivity contribution in [3.8, 4) is 28.4 Å². The highest BCUT2D eigenvalue weighted by molar-refractivity contribution is 6.00. The van der Waals surface area contributed by atoms with Gasteiger partial charge >= 0.3 is 0 Å². The van der Waals surface area contributed by atoms with Crippen molar-refractivity contribution < 1.29 is 23.8 Å². The van der Waals surface area contributed by atoms with E-state index in [1.54, 1.807) is 25.1 Å². The van der Waals surface area contributed by atoms with E-state index in [0.29, 0.717) is 48.8 Å². The van der Waals surface area contributed by atoms with Crippen LogP contribution in [0, 0.1) is 0 Å². The minimum atomic E-state index is -0.183. The molecule has 0 spiro atoms. The zero-order valence-corrected chi connectivity index (χ0v) is 17.7. The molecule has 0 saturated heterocycles. The lowest BCUT2D eigenvalue weighted by molar-refractivity contribution is 0.0931. The predicted octanol–water partition coefficient (Wildman–Crippen LogP) is 4.06. The van der Waals surface area contributed by atoms with E-state index in [0.717, 1.165) is 22.4 Å². The van der Waals surface area contributed by atoms with Crippen molar-refractivity contribution >= 4 is 11.7 Å². The van der Waals surface area contributed by atoms with Gasteiger partial charge in [0.1, 0.15) is 25.1 Å². The van der Waals surface area contributed by atoms with Gasteiger partial charge in [-0.15, -0.1) is 0 Å². The van der Waals surface area contributed by atoms with Crippen molar-refractivity contribution in [3.63, 3.8) is 0 Å². The molecule has 0 bridgehead atoms. The lowest BCUT2D eigenvalue weighted by atomic mass is 9.95. The van der Waals surface area contributed by atoms with Gasteiger partial charge in [-0.3, -0.25) is 9.59 Å². The van der Waals surface area contributed by atoms with Crippen molar-refractivity contribution in [3.05, 3.63) is 77.4 Å². The number of fused-ring (bicyclic) bond motifs is 2. The van der Waals surface area contributed by atoms with Crippen LogP contribution in [0.2, 0.25) is 0 Å². The quantitative estimate of drug-likeness (QED) is 0.619. The summed E-state index contributed by atoms with van der Waals surface area (Å²) in [5.74, 6) is 1.92. The van der Waals surface area contributed by atoms with E-state index in [-0.39, 0.29) is 17.8 Å². The highest BCUT2D eigenvalue weighted by Gasteiger charge is 2.25. The van der Waals surface area contributed by atoms with Crippen molar-refractivity contribution in [1.82, 2.24) is 5.32 Å². The average molecular weight is 429 g/mol. The highest BCUT2D eigenvalue weighted by Crippen LogP contribution is 2.34. The maximum atomic E-state index is 12.6. The summed E-state index contributed by atoms with van der Waals surface area (Å²) in [5.41, 5.74) is 4.19. The van der Waals surface area contributed by atoms with E-state index in [1.807, 2.05) is 36.4 Å². The molecule has 0 fully saturated rings. The molecule has 3 aromatic rings. The van der Waals surface area contributed by atoms with Gasteiger partial charge < -0.3 is 19.5 Å². The SMILES string of the molecule is CC(=O)c1ccccc1-c1ccc2c(c1)CC(CNC(=O)c1ccc3c(c1)OCCO3)O2. The zero-order chi connectivity index (χ0) is 22.1. The summed E-state index contributed by atoms with van der Waals surface area (Å²) in [7, 11) is 0. The molecular weight excluding hydrogens is 406 g/mol. The van der Waals surface area contributed by atoms with Crippen LogP contribution in [0.1, 0.15) is 33.2 Å². The van der Waals surface area contributed by atoms with Crippen LogP contribution in [0.25, 0.3) is 11.1 Å². The van der Waals surface area contributed by atoms with Crippen LogP contribution in [0.15, 0.2) is 60.7 Å². The number of benzene rings is 3. The van der Waals surface area contributed by atoms with Gasteiger partial charge in [-0.25, -0.2) is 0 Å². The van der Waals surface area contributed by atoms with Gasteiger partial charge in [0.25, 0.3) is 5.91 Å². The number of hydrogen-bond acceptors (Lipinski definition) is 5. The lowest BCUT2D eigenvalue weighted by Gasteiger charge is -2.19. The normalized spacial score (nSPS) is 16.1. The van der Waals surface area contributed by atoms with Crippen LogP contribution in [0.5, 0.6) is 17.2 Å². The molecule has 6 nitrogen and oxygen atoms in total. The first-order valence-corrected chi connectivity index (χ1v) is 10.7. The van der Waals surface area contributed by atoms with E-state index >= 15 is 0 Å². The smallest absolute Gasteiger partial charge is 0.251 e. The molecule has 0 aliphatic carbocycles. The molecular formula is C26H23NO5. The Kier molecular flexibility index (Phi) is 5.27. The first-order chi connectivity index (χ1) is 15.6. The predicted molar refractivity (Wildman–Crippen MR) is 120 cm³/mol. The van der Waals surface area contributed by atoms with Crippen LogP contribution >= 0.6 is 0 Å². The largest absolute Gasteiger partial charge is 0.488 e. The summed E-state index contributed by atoms with van der Waals surface area (Å²) in [6, 6.07) is 18.8. The van der Waals surface area contributed by atoms with Gasteiger partial charge in [-0.05, 0) is 53.9 Å². The molecule has 1 amide bonds.